The van der Waals surface area contributed by atoms with Gasteiger partial charge in [0, 0.05) is 13.1 Å². The highest BCUT2D eigenvalue weighted by atomic mass is 32.2. The first-order valence-corrected chi connectivity index (χ1v) is 8.28. The van der Waals surface area contributed by atoms with E-state index in [0.717, 1.165) is 4.31 Å². The van der Waals surface area contributed by atoms with E-state index in [9.17, 15) is 18.0 Å². The van der Waals surface area contributed by atoms with Gasteiger partial charge >= 0.3 is 5.97 Å². The molecule has 2 rings (SSSR count). The largest absolute Gasteiger partial charge is 0.480 e. The number of carboxylic acid groups (broad SMARTS) is 1. The molecule has 1 amide bonds. The maximum Gasteiger partial charge on any atom is 0.327 e. The van der Waals surface area contributed by atoms with Crippen LogP contribution in [-0.4, -0.2) is 54.9 Å². The van der Waals surface area contributed by atoms with Gasteiger partial charge in [0.05, 0.1) is 4.90 Å². The third kappa shape index (κ3) is 3.58. The van der Waals surface area contributed by atoms with Crippen LogP contribution in [0.3, 0.4) is 0 Å². The lowest BCUT2D eigenvalue weighted by atomic mass is 10.2. The molecule has 8 nitrogen and oxygen atoms in total. The first-order valence-electron chi connectivity index (χ1n) is 6.84. The average Bonchev–Trinajstić information content (AvgIpc) is 3.03. The van der Waals surface area contributed by atoms with Crippen molar-refractivity contribution >= 4 is 21.9 Å². The average molecular weight is 339 g/mol. The first kappa shape index (κ1) is 17.1. The minimum Gasteiger partial charge on any atom is -0.480 e. The summed E-state index contributed by atoms with van der Waals surface area (Å²) in [5.41, 5.74) is 5.29. The van der Waals surface area contributed by atoms with Crippen LogP contribution in [0.5, 0.6) is 0 Å². The summed E-state index contributed by atoms with van der Waals surface area (Å²) < 4.78 is 26.2. The Hall–Kier alpha value is -2.23. The minimum absolute atomic E-state index is 0.0374. The molecule has 0 radical (unpaired) electrons. The molecule has 1 aromatic carbocycles. The summed E-state index contributed by atoms with van der Waals surface area (Å²) in [4.78, 5) is 23.2. The number of benzene rings is 1. The number of carbonyl (C=O) groups excluding carboxylic acids is 1. The lowest BCUT2D eigenvalue weighted by molar-refractivity contribution is -0.141. The van der Waals surface area contributed by atoms with E-state index in [1.807, 2.05) is 0 Å². The van der Waals surface area contributed by atoms with Crippen LogP contribution in [0.4, 0.5) is 0 Å². The molecule has 9 heteroatoms. The highest BCUT2D eigenvalue weighted by molar-refractivity contribution is 7.89. The Kier molecular flexibility index (Phi) is 5.14. The van der Waals surface area contributed by atoms with Crippen molar-refractivity contribution in [2.75, 3.05) is 13.1 Å². The fourth-order valence-electron chi connectivity index (χ4n) is 2.18. The second-order valence-electron chi connectivity index (χ2n) is 4.90. The van der Waals surface area contributed by atoms with Gasteiger partial charge in [-0.15, -0.1) is 0 Å². The van der Waals surface area contributed by atoms with Gasteiger partial charge in [0.2, 0.25) is 15.9 Å². The normalized spacial score (nSPS) is 19.4. The number of nitrogens with two attached hydrogens (primary N) is 1. The second-order valence-corrected chi connectivity index (χ2v) is 6.79. The van der Waals surface area contributed by atoms with E-state index in [2.05, 4.69) is 5.32 Å². The zero-order chi connectivity index (χ0) is 17.0. The molecule has 1 unspecified atom stereocenters. The van der Waals surface area contributed by atoms with Crippen LogP contribution in [0.25, 0.3) is 0 Å². The van der Waals surface area contributed by atoms with Gasteiger partial charge in [-0.3, -0.25) is 4.79 Å². The molecule has 0 aliphatic carbocycles. The van der Waals surface area contributed by atoms with Crippen LogP contribution in [0.1, 0.15) is 0 Å². The number of carboxylic acids is 1. The first-order chi connectivity index (χ1) is 10.9. The van der Waals surface area contributed by atoms with Crippen molar-refractivity contribution in [3.05, 3.63) is 42.5 Å². The lowest BCUT2D eigenvalue weighted by Crippen LogP contribution is -2.53. The quantitative estimate of drug-likeness (QED) is 0.579. The fourth-order valence-corrected chi connectivity index (χ4v) is 3.69. The molecular formula is C14H17N3O5S. The molecule has 23 heavy (non-hydrogen) atoms. The number of sulfonamides is 1. The Balaban J connectivity index is 2.21. The van der Waals surface area contributed by atoms with E-state index in [1.54, 1.807) is 24.3 Å². The maximum absolute atomic E-state index is 12.6. The molecule has 0 fully saturated rings. The molecule has 1 heterocycles. The molecule has 0 aromatic heterocycles. The summed E-state index contributed by atoms with van der Waals surface area (Å²) in [5, 5.41) is 11.2. The molecule has 0 saturated heterocycles. The molecule has 124 valence electrons. The van der Waals surface area contributed by atoms with Crippen LogP contribution in [0.15, 0.2) is 47.4 Å². The Morgan fingerprint density at radius 2 is 2.00 bits per heavy atom. The number of aliphatic carboxylic acids is 1. The van der Waals surface area contributed by atoms with Gasteiger partial charge in [-0.1, -0.05) is 30.4 Å². The lowest BCUT2D eigenvalue weighted by Gasteiger charge is -2.24. The molecule has 1 aliphatic heterocycles. The van der Waals surface area contributed by atoms with E-state index in [0.29, 0.717) is 0 Å². The Morgan fingerprint density at radius 3 is 2.57 bits per heavy atom. The zero-order valence-electron chi connectivity index (χ0n) is 12.1. The van der Waals surface area contributed by atoms with E-state index < -0.39 is 34.0 Å². The maximum atomic E-state index is 12.6. The van der Waals surface area contributed by atoms with Crippen molar-refractivity contribution in [2.24, 2.45) is 5.73 Å². The number of carbonyl (C=O) groups is 2. The predicted octanol–water partition coefficient (Wildman–Crippen LogP) is -0.856. The zero-order valence-corrected chi connectivity index (χ0v) is 12.9. The number of rotatable bonds is 6. The van der Waals surface area contributed by atoms with Crippen LogP contribution >= 0.6 is 0 Å². The highest BCUT2D eigenvalue weighted by Gasteiger charge is 2.37. The number of amides is 1. The van der Waals surface area contributed by atoms with Crippen molar-refractivity contribution in [3.63, 3.8) is 0 Å². The Bertz CT molecular complexity index is 717. The monoisotopic (exact) mass is 339 g/mol. The Morgan fingerprint density at radius 1 is 1.35 bits per heavy atom. The van der Waals surface area contributed by atoms with E-state index in [-0.39, 0.29) is 18.0 Å². The second kappa shape index (κ2) is 6.90. The minimum atomic E-state index is -3.86. The number of hydrogen-bond donors (Lipinski definition) is 3. The van der Waals surface area contributed by atoms with Crippen LogP contribution in [0.2, 0.25) is 0 Å². The standard InChI is InChI=1S/C14H17N3O5S/c15-9-11(14(19)20)16-13(18)12-7-4-8-17(12)23(21,22)10-5-2-1-3-6-10/h1-7,11-12H,8-9,15H2,(H,16,18)(H,19,20)/t11-,12?/m0/s1. The van der Waals surface area contributed by atoms with Gasteiger partial charge in [-0.25, -0.2) is 13.2 Å². The van der Waals surface area contributed by atoms with Gasteiger partial charge in [-0.2, -0.15) is 4.31 Å². The van der Waals surface area contributed by atoms with Crippen LogP contribution in [0, 0.1) is 0 Å². The summed E-state index contributed by atoms with van der Waals surface area (Å²) in [6, 6.07) is 5.35. The summed E-state index contributed by atoms with van der Waals surface area (Å²) in [6.45, 7) is -0.251. The van der Waals surface area contributed by atoms with Gasteiger partial charge in [-0.05, 0) is 12.1 Å². The number of nitrogens with one attached hydrogen (secondary N) is 1. The van der Waals surface area contributed by atoms with Crippen LogP contribution < -0.4 is 11.1 Å². The molecular weight excluding hydrogens is 322 g/mol. The molecule has 1 aliphatic rings. The van der Waals surface area contributed by atoms with Crippen molar-refractivity contribution in [3.8, 4) is 0 Å². The molecule has 0 spiro atoms. The van der Waals surface area contributed by atoms with Gasteiger partial charge < -0.3 is 16.2 Å². The molecule has 0 saturated carbocycles. The summed E-state index contributed by atoms with van der Waals surface area (Å²) in [5.74, 6) is -2.00. The van der Waals surface area contributed by atoms with E-state index in [1.165, 1.54) is 18.2 Å². The summed E-state index contributed by atoms with van der Waals surface area (Å²) in [6.07, 6.45) is 2.97. The van der Waals surface area contributed by atoms with Crippen LogP contribution in [-0.2, 0) is 19.6 Å². The van der Waals surface area contributed by atoms with E-state index in [4.69, 9.17) is 10.8 Å². The third-order valence-electron chi connectivity index (χ3n) is 3.38. The van der Waals surface area contributed by atoms with Gasteiger partial charge in [0.25, 0.3) is 0 Å². The van der Waals surface area contributed by atoms with Gasteiger partial charge in [0.15, 0.2) is 0 Å². The molecule has 1 aromatic rings. The van der Waals surface area contributed by atoms with E-state index >= 15 is 0 Å². The number of nitrogens with zero attached hydrogens (tertiary/aromatic N) is 1. The molecule has 2 atom stereocenters. The summed E-state index contributed by atoms with van der Waals surface area (Å²) >= 11 is 0. The molecule has 0 bridgehead atoms. The van der Waals surface area contributed by atoms with Crippen molar-refractivity contribution in [1.82, 2.24) is 9.62 Å². The number of hydrogen-bond acceptors (Lipinski definition) is 5. The predicted molar refractivity (Wildman–Crippen MR) is 81.9 cm³/mol. The molecule has 4 N–H and O–H groups in total. The highest BCUT2D eigenvalue weighted by Crippen LogP contribution is 2.22. The van der Waals surface area contributed by atoms with Crippen molar-refractivity contribution < 1.29 is 23.1 Å². The summed E-state index contributed by atoms with van der Waals surface area (Å²) in [7, 11) is -3.86. The fraction of sp³-hybridized carbons (Fsp3) is 0.286. The Labute approximate surface area is 133 Å². The third-order valence-corrected chi connectivity index (χ3v) is 5.24. The van der Waals surface area contributed by atoms with Gasteiger partial charge in [0.1, 0.15) is 12.1 Å². The van der Waals surface area contributed by atoms with Crippen molar-refractivity contribution in [2.45, 2.75) is 17.0 Å². The topological polar surface area (TPSA) is 130 Å². The smallest absolute Gasteiger partial charge is 0.327 e. The van der Waals surface area contributed by atoms with Crippen molar-refractivity contribution in [1.29, 1.82) is 0 Å². The SMILES string of the molecule is NC[C@H](NC(=O)C1C=CCN1S(=O)(=O)c1ccccc1)C(=O)O.